The highest BCUT2D eigenvalue weighted by Gasteiger charge is 2.27. The molecule has 0 aromatic rings. The van der Waals surface area contributed by atoms with Crippen LogP contribution in [0.5, 0.6) is 0 Å². The monoisotopic (exact) mass is 171 g/mol. The van der Waals surface area contributed by atoms with Crippen molar-refractivity contribution in [2.45, 2.75) is 19.3 Å². The third-order valence-electron chi connectivity index (χ3n) is 2.30. The topological polar surface area (TPSA) is 40.9 Å². The van der Waals surface area contributed by atoms with E-state index >= 15 is 0 Å². The molecule has 1 fully saturated rings. The summed E-state index contributed by atoms with van der Waals surface area (Å²) in [6, 6.07) is 2.24. The first-order valence-electron chi connectivity index (χ1n) is 3.93. The zero-order valence-corrected chi connectivity index (χ0v) is 7.56. The Morgan fingerprint density at radius 2 is 2.36 bits per heavy atom. The van der Waals surface area contributed by atoms with Gasteiger partial charge >= 0.3 is 0 Å². The molecule has 62 valence electrons. The average Bonchev–Trinajstić information content (AvgIpc) is 1.81. The van der Waals surface area contributed by atoms with E-state index < -0.39 is 10.8 Å². The summed E-state index contributed by atoms with van der Waals surface area (Å²) in [7, 11) is -0.806. The molecule has 0 saturated heterocycles. The lowest BCUT2D eigenvalue weighted by Gasteiger charge is -2.28. The highest BCUT2D eigenvalue weighted by atomic mass is 32.2. The molecule has 2 atom stereocenters. The Hall–Kier alpha value is -0.360. The summed E-state index contributed by atoms with van der Waals surface area (Å²) in [6.45, 7) is 0. The van der Waals surface area contributed by atoms with E-state index in [2.05, 4.69) is 6.07 Å². The third-order valence-corrected chi connectivity index (χ3v) is 3.13. The maximum absolute atomic E-state index is 10.8. The van der Waals surface area contributed by atoms with E-state index in [0.717, 1.165) is 12.8 Å². The molecule has 0 radical (unpaired) electrons. The zero-order chi connectivity index (χ0) is 8.27. The summed E-state index contributed by atoms with van der Waals surface area (Å²) >= 11 is 0. The zero-order valence-electron chi connectivity index (χ0n) is 6.75. The quantitative estimate of drug-likeness (QED) is 0.642. The molecule has 0 spiro atoms. The van der Waals surface area contributed by atoms with E-state index in [1.54, 1.807) is 6.26 Å². The van der Waals surface area contributed by atoms with Crippen molar-refractivity contribution >= 4 is 10.8 Å². The lowest BCUT2D eigenvalue weighted by Crippen LogP contribution is -2.25. The summed E-state index contributed by atoms with van der Waals surface area (Å²) in [4.78, 5) is 0. The summed E-state index contributed by atoms with van der Waals surface area (Å²) in [5.74, 6) is 1.17. The highest BCUT2D eigenvalue weighted by Crippen LogP contribution is 2.33. The summed E-state index contributed by atoms with van der Waals surface area (Å²) < 4.78 is 10.8. The van der Waals surface area contributed by atoms with Crippen LogP contribution in [0.25, 0.3) is 0 Å². The van der Waals surface area contributed by atoms with Gasteiger partial charge in [0.25, 0.3) is 0 Å². The van der Waals surface area contributed by atoms with Gasteiger partial charge in [0.2, 0.25) is 0 Å². The smallest absolute Gasteiger partial charge is 0.0668 e. The second kappa shape index (κ2) is 3.87. The van der Waals surface area contributed by atoms with Crippen molar-refractivity contribution < 1.29 is 4.21 Å². The highest BCUT2D eigenvalue weighted by molar-refractivity contribution is 7.84. The minimum atomic E-state index is -0.806. The molecule has 1 aliphatic carbocycles. The molecular formula is C8H13NOS. The van der Waals surface area contributed by atoms with Gasteiger partial charge in [-0.05, 0) is 18.8 Å². The molecule has 0 N–H and O–H groups in total. The fourth-order valence-electron chi connectivity index (χ4n) is 1.37. The van der Waals surface area contributed by atoms with E-state index in [0.29, 0.717) is 11.7 Å². The molecule has 0 aromatic heterocycles. The van der Waals surface area contributed by atoms with E-state index in [-0.39, 0.29) is 5.92 Å². The normalized spacial score (nSPS) is 23.3. The van der Waals surface area contributed by atoms with Crippen LogP contribution in [0.1, 0.15) is 19.3 Å². The number of nitrogens with zero attached hydrogens (tertiary/aromatic N) is 1. The third kappa shape index (κ3) is 2.30. The Morgan fingerprint density at radius 1 is 1.73 bits per heavy atom. The maximum Gasteiger partial charge on any atom is 0.0668 e. The predicted molar refractivity (Wildman–Crippen MR) is 45.4 cm³/mol. The molecule has 0 aromatic carbocycles. The molecule has 0 amide bonds. The van der Waals surface area contributed by atoms with Crippen molar-refractivity contribution in [1.29, 1.82) is 5.26 Å². The first-order chi connectivity index (χ1) is 5.24. The molecule has 0 heterocycles. The minimum Gasteiger partial charge on any atom is -0.260 e. The average molecular weight is 171 g/mol. The van der Waals surface area contributed by atoms with Crippen molar-refractivity contribution in [1.82, 2.24) is 0 Å². The van der Waals surface area contributed by atoms with Crippen LogP contribution < -0.4 is 0 Å². The number of hydrogen-bond acceptors (Lipinski definition) is 2. The van der Waals surface area contributed by atoms with Crippen molar-refractivity contribution in [2.24, 2.45) is 11.8 Å². The van der Waals surface area contributed by atoms with E-state index in [1.165, 1.54) is 6.42 Å². The van der Waals surface area contributed by atoms with Gasteiger partial charge in [0.05, 0.1) is 12.0 Å². The molecule has 1 saturated carbocycles. The summed E-state index contributed by atoms with van der Waals surface area (Å²) in [5.41, 5.74) is 0. The van der Waals surface area contributed by atoms with Gasteiger partial charge in [0, 0.05) is 22.8 Å². The first kappa shape index (κ1) is 8.73. The Kier molecular flexibility index (Phi) is 3.07. The largest absolute Gasteiger partial charge is 0.260 e. The lowest BCUT2D eigenvalue weighted by atomic mass is 9.77. The summed E-state index contributed by atoms with van der Waals surface area (Å²) in [5, 5.41) is 8.73. The molecule has 1 rings (SSSR count). The van der Waals surface area contributed by atoms with Crippen LogP contribution in [0.15, 0.2) is 0 Å². The van der Waals surface area contributed by atoms with Gasteiger partial charge in [0.1, 0.15) is 0 Å². The molecule has 0 bridgehead atoms. The first-order valence-corrected chi connectivity index (χ1v) is 5.66. The number of rotatable bonds is 3. The second-order valence-corrected chi connectivity index (χ2v) is 4.65. The SMILES string of the molecule is CS(=O)CC(C#N)C1CCC1. The molecule has 2 nitrogen and oxygen atoms in total. The van der Waals surface area contributed by atoms with Gasteiger partial charge in [-0.1, -0.05) is 6.42 Å². The van der Waals surface area contributed by atoms with Crippen LogP contribution in [-0.4, -0.2) is 16.2 Å². The second-order valence-electron chi connectivity index (χ2n) is 3.17. The van der Waals surface area contributed by atoms with Gasteiger partial charge in [-0.3, -0.25) is 4.21 Å². The number of hydrogen-bond donors (Lipinski definition) is 0. The molecule has 2 unspecified atom stereocenters. The van der Waals surface area contributed by atoms with Crippen molar-refractivity contribution in [3.05, 3.63) is 0 Å². The Morgan fingerprint density at radius 3 is 2.64 bits per heavy atom. The summed E-state index contributed by atoms with van der Waals surface area (Å²) in [6.07, 6.45) is 5.24. The minimum absolute atomic E-state index is 0.0505. The number of nitriles is 1. The van der Waals surface area contributed by atoms with Crippen LogP contribution >= 0.6 is 0 Å². The molecule has 3 heteroatoms. The molecule has 11 heavy (non-hydrogen) atoms. The van der Waals surface area contributed by atoms with E-state index in [1.807, 2.05) is 0 Å². The van der Waals surface area contributed by atoms with Crippen LogP contribution in [-0.2, 0) is 10.8 Å². The van der Waals surface area contributed by atoms with Crippen LogP contribution in [0.3, 0.4) is 0 Å². The van der Waals surface area contributed by atoms with Crippen LogP contribution in [0.2, 0.25) is 0 Å². The standard InChI is InChI=1S/C8H13NOS/c1-11(10)6-8(5-9)7-3-2-4-7/h7-8H,2-4,6H2,1H3. The molecule has 1 aliphatic rings. The molecule has 0 aliphatic heterocycles. The Labute approximate surface area is 70.1 Å². The van der Waals surface area contributed by atoms with Gasteiger partial charge < -0.3 is 0 Å². The van der Waals surface area contributed by atoms with E-state index in [9.17, 15) is 4.21 Å². The predicted octanol–water partition coefficient (Wildman–Crippen LogP) is 1.30. The lowest BCUT2D eigenvalue weighted by molar-refractivity contribution is 0.262. The van der Waals surface area contributed by atoms with Crippen LogP contribution in [0, 0.1) is 23.2 Å². The fourth-order valence-corrected chi connectivity index (χ4v) is 2.23. The molecular weight excluding hydrogens is 158 g/mol. The Balaban J connectivity index is 2.37. The van der Waals surface area contributed by atoms with Crippen LogP contribution in [0.4, 0.5) is 0 Å². The van der Waals surface area contributed by atoms with E-state index in [4.69, 9.17) is 5.26 Å². The van der Waals surface area contributed by atoms with Crippen molar-refractivity contribution in [3.63, 3.8) is 0 Å². The van der Waals surface area contributed by atoms with Gasteiger partial charge in [-0.2, -0.15) is 5.26 Å². The Bertz CT molecular complexity index is 193. The maximum atomic E-state index is 10.8. The fraction of sp³-hybridized carbons (Fsp3) is 0.875. The van der Waals surface area contributed by atoms with Gasteiger partial charge in [0.15, 0.2) is 0 Å². The van der Waals surface area contributed by atoms with Gasteiger partial charge in [-0.25, -0.2) is 0 Å². The van der Waals surface area contributed by atoms with Crippen molar-refractivity contribution in [3.8, 4) is 6.07 Å². The van der Waals surface area contributed by atoms with Gasteiger partial charge in [-0.15, -0.1) is 0 Å². The van der Waals surface area contributed by atoms with Crippen molar-refractivity contribution in [2.75, 3.05) is 12.0 Å².